The molecule has 1 aromatic carbocycles. The number of thiol groups is 1. The van der Waals surface area contributed by atoms with Gasteiger partial charge < -0.3 is 5.32 Å². The van der Waals surface area contributed by atoms with Crippen molar-refractivity contribution in [3.63, 3.8) is 0 Å². The van der Waals surface area contributed by atoms with Gasteiger partial charge in [-0.15, -0.1) is 0 Å². The number of hydrogen-bond acceptors (Lipinski definition) is 2. The largest absolute Gasteiger partial charge is 0.325 e. The number of rotatable bonds is 4. The molecular weight excluding hydrogens is 322 g/mol. The molecule has 0 spiro atoms. The highest BCUT2D eigenvalue weighted by Crippen LogP contribution is 2.49. The quantitative estimate of drug-likeness (QED) is 0.796. The minimum absolute atomic E-state index is 0.0273. The molecule has 5 heteroatoms. The van der Waals surface area contributed by atoms with E-state index in [9.17, 15) is 4.79 Å². The van der Waals surface area contributed by atoms with E-state index in [1.165, 1.54) is 0 Å². The van der Waals surface area contributed by atoms with Crippen molar-refractivity contribution in [2.75, 3.05) is 11.1 Å². The monoisotopic (exact) mass is 333 g/mol. The van der Waals surface area contributed by atoms with Crippen molar-refractivity contribution in [1.82, 2.24) is 0 Å². The van der Waals surface area contributed by atoms with Crippen molar-refractivity contribution in [3.8, 4) is 0 Å². The lowest BCUT2D eigenvalue weighted by Crippen LogP contribution is -2.18. The van der Waals surface area contributed by atoms with Crippen molar-refractivity contribution in [2.24, 2.45) is 5.41 Å². The molecule has 0 bridgehead atoms. The molecule has 1 amide bonds. The fourth-order valence-corrected chi connectivity index (χ4v) is 2.67. The molecule has 0 heterocycles. The van der Waals surface area contributed by atoms with Gasteiger partial charge in [0, 0.05) is 6.42 Å². The van der Waals surface area contributed by atoms with Gasteiger partial charge in [-0.25, -0.2) is 0 Å². The Labute approximate surface area is 120 Å². The van der Waals surface area contributed by atoms with E-state index in [-0.39, 0.29) is 11.3 Å². The van der Waals surface area contributed by atoms with E-state index in [1.54, 1.807) is 6.07 Å². The predicted molar refractivity (Wildman–Crippen MR) is 77.9 cm³/mol. The first kappa shape index (κ1) is 13.2. The lowest BCUT2D eigenvalue weighted by molar-refractivity contribution is -0.117. The van der Waals surface area contributed by atoms with Gasteiger partial charge >= 0.3 is 0 Å². The third kappa shape index (κ3) is 3.18. The summed E-state index contributed by atoms with van der Waals surface area (Å²) in [5.41, 5.74) is 0.857. The summed E-state index contributed by atoms with van der Waals surface area (Å²) < 4.78 is 0.728. The van der Waals surface area contributed by atoms with Crippen LogP contribution in [-0.4, -0.2) is 11.7 Å². The van der Waals surface area contributed by atoms with Crippen LogP contribution >= 0.6 is 40.2 Å². The number of halogens is 2. The molecule has 1 N–H and O–H groups in total. The summed E-state index contributed by atoms with van der Waals surface area (Å²) in [5.74, 6) is 0.802. The first-order valence-electron chi connectivity index (χ1n) is 5.41. The molecule has 0 aliphatic heterocycles. The van der Waals surface area contributed by atoms with Crippen LogP contribution in [0.25, 0.3) is 0 Å². The van der Waals surface area contributed by atoms with Gasteiger partial charge in [0.1, 0.15) is 0 Å². The molecule has 0 saturated heterocycles. The summed E-state index contributed by atoms with van der Waals surface area (Å²) in [6.45, 7) is 0. The molecule has 1 aromatic rings. The Morgan fingerprint density at radius 3 is 2.82 bits per heavy atom. The Morgan fingerprint density at radius 2 is 2.24 bits per heavy atom. The number of benzene rings is 1. The molecule has 1 saturated carbocycles. The van der Waals surface area contributed by atoms with Gasteiger partial charge in [-0.3, -0.25) is 4.79 Å². The van der Waals surface area contributed by atoms with Crippen LogP contribution in [0, 0.1) is 5.41 Å². The standard InChI is InChI=1S/C12H13BrClNOS/c13-11-8(14)2-1-3-9(11)15-10(16)6-12(7-17)4-5-12/h1-3,17H,4-7H2,(H,15,16). The second-order valence-corrected chi connectivity index (χ2v) is 6.00. The number of amides is 1. The smallest absolute Gasteiger partial charge is 0.224 e. The number of anilines is 1. The van der Waals surface area contributed by atoms with E-state index in [2.05, 4.69) is 33.9 Å². The molecule has 2 nitrogen and oxygen atoms in total. The maximum Gasteiger partial charge on any atom is 0.224 e. The van der Waals surface area contributed by atoms with E-state index in [0.29, 0.717) is 11.4 Å². The average Bonchev–Trinajstić information content (AvgIpc) is 3.05. The van der Waals surface area contributed by atoms with Crippen LogP contribution in [-0.2, 0) is 4.79 Å². The van der Waals surface area contributed by atoms with Gasteiger partial charge in [-0.05, 0) is 52.1 Å². The average molecular weight is 335 g/mol. The lowest BCUT2D eigenvalue weighted by atomic mass is 10.1. The fourth-order valence-electron chi connectivity index (χ4n) is 1.70. The minimum Gasteiger partial charge on any atom is -0.325 e. The van der Waals surface area contributed by atoms with Crippen LogP contribution in [0.4, 0.5) is 5.69 Å². The van der Waals surface area contributed by atoms with Crippen LogP contribution in [0.2, 0.25) is 5.02 Å². The number of hydrogen-bond donors (Lipinski definition) is 2. The zero-order valence-corrected chi connectivity index (χ0v) is 12.4. The molecule has 2 rings (SSSR count). The van der Waals surface area contributed by atoms with Crippen molar-refractivity contribution < 1.29 is 4.79 Å². The maximum atomic E-state index is 11.9. The Morgan fingerprint density at radius 1 is 1.53 bits per heavy atom. The first-order valence-corrected chi connectivity index (χ1v) is 7.21. The normalized spacial score (nSPS) is 16.6. The molecule has 0 atom stereocenters. The van der Waals surface area contributed by atoms with Gasteiger partial charge in [-0.1, -0.05) is 17.7 Å². The third-order valence-corrected chi connectivity index (χ3v) is 5.12. The van der Waals surface area contributed by atoms with E-state index in [0.717, 1.165) is 28.8 Å². The second kappa shape index (κ2) is 5.21. The summed E-state index contributed by atoms with van der Waals surface area (Å²) in [6, 6.07) is 5.42. The molecule has 0 aromatic heterocycles. The Bertz CT molecular complexity index is 448. The van der Waals surface area contributed by atoms with Crippen molar-refractivity contribution >= 4 is 51.8 Å². The van der Waals surface area contributed by atoms with E-state index in [4.69, 9.17) is 11.6 Å². The van der Waals surface area contributed by atoms with E-state index >= 15 is 0 Å². The van der Waals surface area contributed by atoms with Crippen LogP contribution in [0.15, 0.2) is 22.7 Å². The molecule has 17 heavy (non-hydrogen) atoms. The Hall–Kier alpha value is -0.190. The van der Waals surface area contributed by atoms with E-state index < -0.39 is 0 Å². The Kier molecular flexibility index (Phi) is 4.06. The van der Waals surface area contributed by atoms with Gasteiger partial charge in [0.2, 0.25) is 5.91 Å². The third-order valence-electron chi connectivity index (χ3n) is 3.05. The number of nitrogens with one attached hydrogen (secondary N) is 1. The van der Waals surface area contributed by atoms with Crippen molar-refractivity contribution in [3.05, 3.63) is 27.7 Å². The summed E-state index contributed by atoms with van der Waals surface area (Å²) in [6.07, 6.45) is 2.73. The van der Waals surface area contributed by atoms with Crippen LogP contribution in [0.1, 0.15) is 19.3 Å². The highest BCUT2D eigenvalue weighted by atomic mass is 79.9. The summed E-state index contributed by atoms with van der Waals surface area (Å²) in [7, 11) is 0. The minimum atomic E-state index is 0.0273. The van der Waals surface area contributed by atoms with Gasteiger partial charge in [0.15, 0.2) is 0 Å². The predicted octanol–water partition coefficient (Wildman–Crippen LogP) is 4.14. The number of carbonyl (C=O) groups excluding carboxylic acids is 1. The van der Waals surface area contributed by atoms with E-state index in [1.807, 2.05) is 12.1 Å². The van der Waals surface area contributed by atoms with Crippen molar-refractivity contribution in [1.29, 1.82) is 0 Å². The van der Waals surface area contributed by atoms with Crippen molar-refractivity contribution in [2.45, 2.75) is 19.3 Å². The lowest BCUT2D eigenvalue weighted by Gasteiger charge is -2.13. The number of carbonyl (C=O) groups is 1. The van der Waals surface area contributed by atoms with Gasteiger partial charge in [-0.2, -0.15) is 12.6 Å². The van der Waals surface area contributed by atoms with Crippen LogP contribution in [0.3, 0.4) is 0 Å². The maximum absolute atomic E-state index is 11.9. The summed E-state index contributed by atoms with van der Waals surface area (Å²) in [5, 5.41) is 3.47. The summed E-state index contributed by atoms with van der Waals surface area (Å²) in [4.78, 5) is 11.9. The zero-order chi connectivity index (χ0) is 12.5. The molecule has 1 aliphatic rings. The SMILES string of the molecule is O=C(CC1(CS)CC1)Nc1cccc(Cl)c1Br. The second-order valence-electron chi connectivity index (χ2n) is 4.48. The fraction of sp³-hybridized carbons (Fsp3) is 0.417. The highest BCUT2D eigenvalue weighted by molar-refractivity contribution is 9.10. The summed E-state index contributed by atoms with van der Waals surface area (Å²) >= 11 is 13.6. The van der Waals surface area contributed by atoms with Crippen LogP contribution in [0.5, 0.6) is 0 Å². The topological polar surface area (TPSA) is 29.1 Å². The molecule has 92 valence electrons. The molecule has 1 aliphatic carbocycles. The Balaban J connectivity index is 2.01. The van der Waals surface area contributed by atoms with Gasteiger partial charge in [0.05, 0.1) is 15.2 Å². The molecule has 0 unspecified atom stereocenters. The highest BCUT2D eigenvalue weighted by Gasteiger charge is 2.42. The molecular formula is C12H13BrClNOS. The van der Waals surface area contributed by atoms with Gasteiger partial charge in [0.25, 0.3) is 0 Å². The van der Waals surface area contributed by atoms with Crippen LogP contribution < -0.4 is 5.32 Å². The molecule has 1 fully saturated rings. The molecule has 0 radical (unpaired) electrons. The zero-order valence-electron chi connectivity index (χ0n) is 9.17. The first-order chi connectivity index (χ1) is 8.06.